The number of carbonyl (C=O) groups is 1. The lowest BCUT2D eigenvalue weighted by Crippen LogP contribution is -2.12. The molecule has 0 saturated carbocycles. The zero-order valence-corrected chi connectivity index (χ0v) is 16.8. The lowest BCUT2D eigenvalue weighted by Gasteiger charge is -2.13. The predicted molar refractivity (Wildman–Crippen MR) is 113 cm³/mol. The van der Waals surface area contributed by atoms with Crippen LogP contribution in [0.15, 0.2) is 66.7 Å². The zero-order chi connectivity index (χ0) is 21.8. The van der Waals surface area contributed by atoms with Crippen molar-refractivity contribution in [2.24, 2.45) is 0 Å². The number of alkyl halides is 2. The second-order valence-electron chi connectivity index (χ2n) is 6.93. The molecule has 6 nitrogen and oxygen atoms in total. The third-order valence-electron chi connectivity index (χ3n) is 4.85. The summed E-state index contributed by atoms with van der Waals surface area (Å²) in [5, 5.41) is 10.9. The maximum absolute atomic E-state index is 12.8. The number of fused-ring (bicyclic) bond motifs is 1. The van der Waals surface area contributed by atoms with Crippen LogP contribution in [-0.2, 0) is 13.0 Å². The van der Waals surface area contributed by atoms with E-state index in [1.54, 1.807) is 28.9 Å². The number of aromatic nitrogens is 3. The normalized spacial score (nSPS) is 11.1. The largest absolute Gasteiger partial charge is 0.435 e. The molecule has 0 fully saturated rings. The highest BCUT2D eigenvalue weighted by molar-refractivity contribution is 6.06. The molecule has 3 aromatic carbocycles. The lowest BCUT2D eigenvalue weighted by molar-refractivity contribution is -0.0503. The highest BCUT2D eigenvalue weighted by Crippen LogP contribution is 2.27. The second kappa shape index (κ2) is 8.91. The van der Waals surface area contributed by atoms with E-state index in [4.69, 9.17) is 0 Å². The summed E-state index contributed by atoms with van der Waals surface area (Å²) in [6, 6.07) is 19.2. The summed E-state index contributed by atoms with van der Waals surface area (Å²) >= 11 is 0. The van der Waals surface area contributed by atoms with Crippen LogP contribution in [0, 0.1) is 0 Å². The van der Waals surface area contributed by atoms with Crippen molar-refractivity contribution in [1.29, 1.82) is 0 Å². The fourth-order valence-electron chi connectivity index (χ4n) is 3.37. The molecular weight excluding hydrogens is 402 g/mol. The van der Waals surface area contributed by atoms with Crippen LogP contribution in [0.5, 0.6) is 5.75 Å². The van der Waals surface area contributed by atoms with Crippen molar-refractivity contribution in [3.8, 4) is 5.75 Å². The topological polar surface area (TPSA) is 69.0 Å². The zero-order valence-electron chi connectivity index (χ0n) is 16.8. The summed E-state index contributed by atoms with van der Waals surface area (Å²) in [7, 11) is 0. The van der Waals surface area contributed by atoms with Gasteiger partial charge in [0, 0.05) is 29.8 Å². The fraction of sp³-hybridized carbons (Fsp3) is 0.174. The van der Waals surface area contributed by atoms with Crippen molar-refractivity contribution in [3.05, 3.63) is 83.4 Å². The van der Waals surface area contributed by atoms with Crippen LogP contribution in [0.3, 0.4) is 0 Å². The van der Waals surface area contributed by atoms with E-state index < -0.39 is 6.61 Å². The summed E-state index contributed by atoms with van der Waals surface area (Å²) in [4.78, 5) is 12.7. The van der Waals surface area contributed by atoms with Gasteiger partial charge in [-0.05, 0) is 48.9 Å². The quantitative estimate of drug-likeness (QED) is 0.460. The summed E-state index contributed by atoms with van der Waals surface area (Å²) in [5.74, 6) is -0.254. The van der Waals surface area contributed by atoms with Gasteiger partial charge in [-0.2, -0.15) is 8.78 Å². The number of nitrogens with zero attached hydrogens (tertiary/aromatic N) is 3. The predicted octanol–water partition coefficient (Wildman–Crippen LogP) is 4.90. The minimum atomic E-state index is -2.93. The highest BCUT2D eigenvalue weighted by Gasteiger charge is 2.14. The van der Waals surface area contributed by atoms with Gasteiger partial charge in [-0.1, -0.05) is 35.5 Å². The third-order valence-corrected chi connectivity index (χ3v) is 4.85. The van der Waals surface area contributed by atoms with Crippen LogP contribution in [0.2, 0.25) is 0 Å². The first kappa shape index (κ1) is 20.5. The number of amides is 1. The number of hydrogen-bond acceptors (Lipinski definition) is 4. The molecule has 4 aromatic rings. The molecule has 1 aromatic heterocycles. The Bertz CT molecular complexity index is 1210. The van der Waals surface area contributed by atoms with Crippen LogP contribution in [-0.4, -0.2) is 27.5 Å². The molecule has 0 spiro atoms. The summed E-state index contributed by atoms with van der Waals surface area (Å²) < 4.78 is 32.0. The molecule has 0 atom stereocenters. The fourth-order valence-corrected chi connectivity index (χ4v) is 3.37. The molecule has 4 rings (SSSR count). The van der Waals surface area contributed by atoms with Gasteiger partial charge in [-0.15, -0.1) is 5.10 Å². The molecule has 31 heavy (non-hydrogen) atoms. The molecule has 0 radical (unpaired) electrons. The van der Waals surface area contributed by atoms with Gasteiger partial charge in [-0.25, -0.2) is 4.68 Å². The van der Waals surface area contributed by atoms with Crippen LogP contribution in [0.1, 0.15) is 28.4 Å². The van der Waals surface area contributed by atoms with E-state index in [0.29, 0.717) is 35.3 Å². The van der Waals surface area contributed by atoms with Gasteiger partial charge >= 0.3 is 6.61 Å². The molecule has 0 aliphatic carbocycles. The minimum absolute atomic E-state index is 0.0782. The molecular formula is C23H20F2N4O2. The minimum Gasteiger partial charge on any atom is -0.435 e. The van der Waals surface area contributed by atoms with Crippen molar-refractivity contribution < 1.29 is 18.3 Å². The number of anilines is 1. The monoisotopic (exact) mass is 422 g/mol. The van der Waals surface area contributed by atoms with E-state index in [-0.39, 0.29) is 11.7 Å². The number of aryl methyl sites for hydroxylation is 1. The van der Waals surface area contributed by atoms with Gasteiger partial charge < -0.3 is 10.1 Å². The first-order valence-corrected chi connectivity index (χ1v) is 9.79. The van der Waals surface area contributed by atoms with Gasteiger partial charge in [0.05, 0.1) is 5.52 Å². The summed E-state index contributed by atoms with van der Waals surface area (Å²) in [6.07, 6.45) is 0.388. The van der Waals surface area contributed by atoms with E-state index in [1.807, 2.05) is 37.3 Å². The van der Waals surface area contributed by atoms with Crippen molar-refractivity contribution >= 4 is 22.6 Å². The molecule has 0 aliphatic rings. The first-order valence-electron chi connectivity index (χ1n) is 9.79. The summed E-state index contributed by atoms with van der Waals surface area (Å²) in [6.45, 7) is -0.291. The number of benzene rings is 3. The molecule has 8 heteroatoms. The van der Waals surface area contributed by atoms with Crippen molar-refractivity contribution in [1.82, 2.24) is 15.0 Å². The van der Waals surface area contributed by atoms with Crippen LogP contribution in [0.4, 0.5) is 14.5 Å². The standard InChI is InChI=1S/C23H20F2N4O2/c1-2-29-20-10-8-16(14-19(20)27-28-29)22(30)26-18-9-11-21(31-23(24)25)17(13-18)12-15-6-4-3-5-7-15/h3-11,13-14,23H,2,12H2,1H3,(H,26,30). The second-order valence-corrected chi connectivity index (χ2v) is 6.93. The van der Waals surface area contributed by atoms with Gasteiger partial charge in [0.15, 0.2) is 0 Å². The average Bonchev–Trinajstić information content (AvgIpc) is 3.18. The van der Waals surface area contributed by atoms with E-state index >= 15 is 0 Å². The lowest BCUT2D eigenvalue weighted by atomic mass is 10.0. The Balaban J connectivity index is 1.58. The third kappa shape index (κ3) is 4.69. The average molecular weight is 422 g/mol. The molecule has 0 aliphatic heterocycles. The number of rotatable bonds is 7. The SMILES string of the molecule is CCn1nnc2cc(C(=O)Nc3ccc(OC(F)F)c(Cc4ccccc4)c3)ccc21. The Morgan fingerprint density at radius 1 is 1.10 bits per heavy atom. The number of nitrogens with one attached hydrogen (secondary N) is 1. The van der Waals surface area contributed by atoms with Gasteiger partial charge in [-0.3, -0.25) is 4.79 Å². The number of carbonyl (C=O) groups excluding carboxylic acids is 1. The van der Waals surface area contributed by atoms with E-state index in [1.165, 1.54) is 12.1 Å². The van der Waals surface area contributed by atoms with Crippen LogP contribution in [0.25, 0.3) is 11.0 Å². The molecule has 158 valence electrons. The smallest absolute Gasteiger partial charge is 0.387 e. The Kier molecular flexibility index (Phi) is 5.88. The Morgan fingerprint density at radius 2 is 1.90 bits per heavy atom. The molecule has 0 unspecified atom stereocenters. The van der Waals surface area contributed by atoms with Crippen molar-refractivity contribution in [3.63, 3.8) is 0 Å². The molecule has 0 bridgehead atoms. The Labute approximate surface area is 177 Å². The van der Waals surface area contributed by atoms with Crippen molar-refractivity contribution in [2.75, 3.05) is 5.32 Å². The molecule has 1 N–H and O–H groups in total. The van der Waals surface area contributed by atoms with Crippen LogP contribution < -0.4 is 10.1 Å². The maximum atomic E-state index is 12.8. The number of halogens is 2. The van der Waals surface area contributed by atoms with Crippen molar-refractivity contribution in [2.45, 2.75) is 26.5 Å². The van der Waals surface area contributed by atoms with Gasteiger partial charge in [0.2, 0.25) is 0 Å². The maximum Gasteiger partial charge on any atom is 0.387 e. The van der Waals surface area contributed by atoms with Crippen LogP contribution >= 0.6 is 0 Å². The molecule has 1 amide bonds. The van der Waals surface area contributed by atoms with Gasteiger partial charge in [0.1, 0.15) is 11.3 Å². The Hall–Kier alpha value is -3.81. The highest BCUT2D eigenvalue weighted by atomic mass is 19.3. The first-order chi connectivity index (χ1) is 15.0. The van der Waals surface area contributed by atoms with Gasteiger partial charge in [0.25, 0.3) is 5.91 Å². The van der Waals surface area contributed by atoms with E-state index in [0.717, 1.165) is 11.1 Å². The van der Waals surface area contributed by atoms with E-state index in [9.17, 15) is 13.6 Å². The Morgan fingerprint density at radius 3 is 2.65 bits per heavy atom. The number of hydrogen-bond donors (Lipinski definition) is 1. The number of ether oxygens (including phenoxy) is 1. The summed E-state index contributed by atoms with van der Waals surface area (Å²) in [5.41, 5.74) is 3.86. The molecule has 0 saturated heterocycles. The van der Waals surface area contributed by atoms with E-state index in [2.05, 4.69) is 20.4 Å². The molecule has 1 heterocycles.